The standard InChI is InChI=1S/C49H86/c1-8-15-22-27-29-32-34-40-46(39-33-31-28-23-16-9-2)48(43-36-30-24-17-10-3)49(44-37-20-13-6,45-38-26-19-12-5)47(41-21-14-7)42-35-25-18-11-4/h21,33-34,36-41,43-45,47H,8-20,22-32,35,42H2,1-7H3. The zero-order valence-corrected chi connectivity index (χ0v) is 34.4. The first-order chi connectivity index (χ1) is 24.1. The highest BCUT2D eigenvalue weighted by atomic mass is 14.4. The van der Waals surface area contributed by atoms with E-state index < -0.39 is 0 Å². The quantitative estimate of drug-likeness (QED) is 0.0362. The molecule has 0 saturated carbocycles. The van der Waals surface area contributed by atoms with E-state index in [0.29, 0.717) is 5.92 Å². The topological polar surface area (TPSA) is 0 Å². The fraction of sp³-hybridized carbons (Fsp3) is 0.714. The molecule has 0 aliphatic heterocycles. The van der Waals surface area contributed by atoms with Crippen molar-refractivity contribution in [2.24, 2.45) is 11.3 Å². The first kappa shape index (κ1) is 47.2. The number of rotatable bonds is 34. The SMILES string of the molecule is CCC=CC(CCCCCC)C(C=CCCC)(C=CCCCC)C(C=CCCCCC)=C(C=CCCCCCC)C=CCCCCCCC. The summed E-state index contributed by atoms with van der Waals surface area (Å²) in [4.78, 5) is 0. The largest absolute Gasteiger partial charge is 0.0885 e. The van der Waals surface area contributed by atoms with E-state index in [1.54, 1.807) is 0 Å². The number of allylic oxidation sites excluding steroid dienone is 14. The van der Waals surface area contributed by atoms with Crippen molar-refractivity contribution >= 4 is 0 Å². The maximum absolute atomic E-state index is 2.67. The summed E-state index contributed by atoms with van der Waals surface area (Å²) < 4.78 is 0. The van der Waals surface area contributed by atoms with Crippen LogP contribution in [-0.4, -0.2) is 0 Å². The molecular formula is C49H86. The highest BCUT2D eigenvalue weighted by Crippen LogP contribution is 2.46. The fourth-order valence-corrected chi connectivity index (χ4v) is 6.73. The molecule has 282 valence electrons. The molecule has 0 saturated heterocycles. The third-order valence-corrected chi connectivity index (χ3v) is 9.88. The summed E-state index contributed by atoms with van der Waals surface area (Å²) in [5.74, 6) is 0.431. The van der Waals surface area contributed by atoms with E-state index >= 15 is 0 Å². The molecule has 0 aromatic carbocycles. The van der Waals surface area contributed by atoms with Gasteiger partial charge in [-0.2, -0.15) is 0 Å². The molecule has 0 amide bonds. The van der Waals surface area contributed by atoms with Gasteiger partial charge in [-0.3, -0.25) is 0 Å². The van der Waals surface area contributed by atoms with Gasteiger partial charge in [-0.25, -0.2) is 0 Å². The summed E-state index contributed by atoms with van der Waals surface area (Å²) in [6, 6.07) is 0. The summed E-state index contributed by atoms with van der Waals surface area (Å²) >= 11 is 0. The average molecular weight is 675 g/mol. The van der Waals surface area contributed by atoms with Crippen LogP contribution in [0.25, 0.3) is 0 Å². The Balaban J connectivity index is 7.60. The minimum atomic E-state index is -0.171. The smallest absolute Gasteiger partial charge is 0.0380 e. The van der Waals surface area contributed by atoms with E-state index in [-0.39, 0.29) is 5.41 Å². The molecule has 0 bridgehead atoms. The Morgan fingerprint density at radius 3 is 1.41 bits per heavy atom. The molecule has 2 unspecified atom stereocenters. The van der Waals surface area contributed by atoms with Gasteiger partial charge in [0.25, 0.3) is 0 Å². The number of hydrogen-bond donors (Lipinski definition) is 0. The Morgan fingerprint density at radius 2 is 0.857 bits per heavy atom. The molecule has 0 heteroatoms. The normalized spacial score (nSPS) is 15.2. The monoisotopic (exact) mass is 675 g/mol. The Labute approximate surface area is 309 Å². The Bertz CT molecular complexity index is 918. The van der Waals surface area contributed by atoms with Gasteiger partial charge in [0.05, 0.1) is 0 Å². The van der Waals surface area contributed by atoms with Crippen LogP contribution in [-0.2, 0) is 0 Å². The first-order valence-electron chi connectivity index (χ1n) is 21.9. The second-order valence-corrected chi connectivity index (χ2v) is 14.6. The zero-order chi connectivity index (χ0) is 36.1. The molecule has 0 aliphatic rings. The van der Waals surface area contributed by atoms with Crippen LogP contribution >= 0.6 is 0 Å². The van der Waals surface area contributed by atoms with E-state index in [1.807, 2.05) is 0 Å². The lowest BCUT2D eigenvalue weighted by Gasteiger charge is -2.38. The van der Waals surface area contributed by atoms with Crippen LogP contribution in [0.3, 0.4) is 0 Å². The molecule has 0 radical (unpaired) electrons. The zero-order valence-electron chi connectivity index (χ0n) is 34.4. The summed E-state index contributed by atoms with van der Waals surface area (Å²) in [5.41, 5.74) is 2.77. The Hall–Kier alpha value is -1.82. The van der Waals surface area contributed by atoms with Gasteiger partial charge in [0.1, 0.15) is 0 Å². The van der Waals surface area contributed by atoms with Crippen molar-refractivity contribution in [3.8, 4) is 0 Å². The molecule has 0 heterocycles. The Morgan fingerprint density at radius 1 is 0.408 bits per heavy atom. The predicted octanol–water partition coefficient (Wildman–Crippen LogP) is 17.5. The van der Waals surface area contributed by atoms with Crippen molar-refractivity contribution in [1.82, 2.24) is 0 Å². The minimum absolute atomic E-state index is 0.171. The number of unbranched alkanes of at least 4 members (excludes halogenated alkanes) is 18. The van der Waals surface area contributed by atoms with Crippen molar-refractivity contribution in [3.05, 3.63) is 84.1 Å². The van der Waals surface area contributed by atoms with E-state index in [0.717, 1.165) is 25.7 Å². The molecule has 0 nitrogen and oxygen atoms in total. The predicted molar refractivity (Wildman–Crippen MR) is 228 cm³/mol. The van der Waals surface area contributed by atoms with Crippen LogP contribution in [0, 0.1) is 11.3 Å². The van der Waals surface area contributed by atoms with Gasteiger partial charge < -0.3 is 0 Å². The lowest BCUT2D eigenvalue weighted by atomic mass is 9.65. The third kappa shape index (κ3) is 24.1. The Kier molecular flexibility index (Phi) is 34.7. The van der Waals surface area contributed by atoms with Crippen LogP contribution in [0.15, 0.2) is 84.1 Å². The summed E-state index contributed by atoms with van der Waals surface area (Å²) in [7, 11) is 0. The lowest BCUT2D eigenvalue weighted by Crippen LogP contribution is -2.29. The average Bonchev–Trinajstić information content (AvgIpc) is 3.11. The van der Waals surface area contributed by atoms with Crippen molar-refractivity contribution in [1.29, 1.82) is 0 Å². The molecule has 0 aromatic heterocycles. The van der Waals surface area contributed by atoms with E-state index in [9.17, 15) is 0 Å². The summed E-state index contributed by atoms with van der Waals surface area (Å²) in [5, 5.41) is 0. The number of hydrogen-bond acceptors (Lipinski definition) is 0. The van der Waals surface area contributed by atoms with Crippen LogP contribution < -0.4 is 0 Å². The van der Waals surface area contributed by atoms with E-state index in [4.69, 9.17) is 0 Å². The summed E-state index contributed by atoms with van der Waals surface area (Å²) in [6.45, 7) is 16.2. The van der Waals surface area contributed by atoms with Crippen LogP contribution in [0.4, 0.5) is 0 Å². The second kappa shape index (κ2) is 36.0. The fourth-order valence-electron chi connectivity index (χ4n) is 6.73. The lowest BCUT2D eigenvalue weighted by molar-refractivity contribution is 0.380. The van der Waals surface area contributed by atoms with Gasteiger partial charge in [0.15, 0.2) is 0 Å². The van der Waals surface area contributed by atoms with Gasteiger partial charge in [-0.1, -0.05) is 224 Å². The maximum Gasteiger partial charge on any atom is 0.0380 e. The van der Waals surface area contributed by atoms with Gasteiger partial charge in [-0.05, 0) is 81.3 Å². The van der Waals surface area contributed by atoms with Crippen molar-refractivity contribution in [2.75, 3.05) is 0 Å². The van der Waals surface area contributed by atoms with Gasteiger partial charge in [-0.15, -0.1) is 0 Å². The molecule has 0 rings (SSSR count). The molecule has 0 aromatic rings. The van der Waals surface area contributed by atoms with Crippen molar-refractivity contribution in [2.45, 2.75) is 215 Å². The summed E-state index contributed by atoms with van der Waals surface area (Å²) in [6.07, 6.45) is 63.5. The highest BCUT2D eigenvalue weighted by Gasteiger charge is 2.36. The molecule has 49 heavy (non-hydrogen) atoms. The maximum atomic E-state index is 2.67. The molecule has 0 spiro atoms. The minimum Gasteiger partial charge on any atom is -0.0885 e. The van der Waals surface area contributed by atoms with Crippen LogP contribution in [0.1, 0.15) is 215 Å². The molecule has 0 fully saturated rings. The highest BCUT2D eigenvalue weighted by molar-refractivity contribution is 5.50. The second-order valence-electron chi connectivity index (χ2n) is 14.6. The van der Waals surface area contributed by atoms with E-state index in [2.05, 4.69) is 121 Å². The van der Waals surface area contributed by atoms with Crippen LogP contribution in [0.2, 0.25) is 0 Å². The third-order valence-electron chi connectivity index (χ3n) is 9.88. The van der Waals surface area contributed by atoms with Crippen molar-refractivity contribution in [3.63, 3.8) is 0 Å². The first-order valence-corrected chi connectivity index (χ1v) is 21.9. The molecule has 0 aliphatic carbocycles. The van der Waals surface area contributed by atoms with Crippen molar-refractivity contribution < 1.29 is 0 Å². The molecule has 2 atom stereocenters. The van der Waals surface area contributed by atoms with E-state index in [1.165, 1.54) is 152 Å². The molecular weight excluding hydrogens is 589 g/mol. The van der Waals surface area contributed by atoms with Crippen LogP contribution in [0.5, 0.6) is 0 Å². The molecule has 0 N–H and O–H groups in total. The van der Waals surface area contributed by atoms with Gasteiger partial charge in [0.2, 0.25) is 0 Å². The van der Waals surface area contributed by atoms with Gasteiger partial charge >= 0.3 is 0 Å². The van der Waals surface area contributed by atoms with Gasteiger partial charge in [0, 0.05) is 5.41 Å².